The zero-order chi connectivity index (χ0) is 37.5. The van der Waals surface area contributed by atoms with Gasteiger partial charge >= 0.3 is 11.9 Å². The molecule has 1 rings (SSSR count). The molecule has 0 aliphatic carbocycles. The van der Waals surface area contributed by atoms with Crippen molar-refractivity contribution in [1.82, 2.24) is 20.8 Å². The quantitative estimate of drug-likeness (QED) is 0.129. The Morgan fingerprint density at radius 2 is 1.54 bits per heavy atom. The number of hydroxylamine groups is 4. The molecule has 0 aromatic rings. The normalized spacial score (nSPS) is 15.4. The molecule has 1 aliphatic heterocycles. The second-order valence-electron chi connectivity index (χ2n) is 15.1. The number of rotatable bonds is 17. The number of nitrogens with one attached hydrogen (secondary N) is 2. The van der Waals surface area contributed by atoms with Gasteiger partial charge in [0.15, 0.2) is 0 Å². The van der Waals surface area contributed by atoms with Crippen molar-refractivity contribution in [1.29, 1.82) is 0 Å². The molecule has 1 aliphatic rings. The molecule has 0 bridgehead atoms. The van der Waals surface area contributed by atoms with Crippen LogP contribution in [0.15, 0.2) is 23.9 Å². The molecule has 0 radical (unpaired) electrons. The summed E-state index contributed by atoms with van der Waals surface area (Å²) < 4.78 is -1.61. The van der Waals surface area contributed by atoms with Crippen molar-refractivity contribution in [3.05, 3.63) is 23.9 Å². The molecule has 1 unspecified atom stereocenters. The molecule has 0 aromatic heterocycles. The topological polar surface area (TPSA) is 151 Å². The van der Waals surface area contributed by atoms with Crippen LogP contribution in [0.25, 0.3) is 0 Å². The van der Waals surface area contributed by atoms with E-state index in [9.17, 15) is 28.8 Å². The van der Waals surface area contributed by atoms with E-state index in [0.717, 1.165) is 24.8 Å². The number of carbonyl (C=O) groups excluding carboxylic acids is 6. The summed E-state index contributed by atoms with van der Waals surface area (Å²) >= 11 is 5.95. The van der Waals surface area contributed by atoms with Crippen LogP contribution in [-0.2, 0) is 38.4 Å². The Kier molecular flexibility index (Phi) is 14.9. The highest BCUT2D eigenvalue weighted by Crippen LogP contribution is 2.38. The van der Waals surface area contributed by atoms with Crippen LogP contribution in [0, 0.1) is 10.8 Å². The van der Waals surface area contributed by atoms with Crippen molar-refractivity contribution >= 4 is 60.0 Å². The summed E-state index contributed by atoms with van der Waals surface area (Å²) in [5.41, 5.74) is -1.95. The Balaban J connectivity index is 2.65. The molecule has 1 atom stereocenters. The SMILES string of the molecule is C=C(NC(C)(C)CC(C)(C)C(=O)ON(C(C)=O)C(=O)CC)SC(C)(C)CCCC(C)(C)C(=O)NCC(C)(S)C(=O)ON1C(=C)CCC1=O. The third kappa shape index (κ3) is 13.1. The first-order valence-corrected chi connectivity index (χ1v) is 17.4. The van der Waals surface area contributed by atoms with Gasteiger partial charge in [0.2, 0.25) is 5.91 Å². The van der Waals surface area contributed by atoms with Crippen LogP contribution in [0.4, 0.5) is 0 Å². The maximum atomic E-state index is 13.1. The number of hydrogen-bond acceptors (Lipinski definition) is 11. The fraction of sp³-hybridized carbons (Fsp3) is 0.706. The molecule has 48 heavy (non-hydrogen) atoms. The summed E-state index contributed by atoms with van der Waals surface area (Å²) in [6.45, 7) is 27.2. The molecule has 14 heteroatoms. The summed E-state index contributed by atoms with van der Waals surface area (Å²) in [7, 11) is 0. The number of thiol groups is 1. The molecule has 12 nitrogen and oxygen atoms in total. The molecule has 1 heterocycles. The van der Waals surface area contributed by atoms with E-state index in [2.05, 4.69) is 50.3 Å². The minimum atomic E-state index is -1.37. The van der Waals surface area contributed by atoms with Crippen molar-refractivity contribution in [2.75, 3.05) is 6.54 Å². The molecule has 2 N–H and O–H groups in total. The fourth-order valence-electron chi connectivity index (χ4n) is 5.21. The highest BCUT2D eigenvalue weighted by atomic mass is 32.2. The molecule has 272 valence electrons. The van der Waals surface area contributed by atoms with Crippen molar-refractivity contribution < 1.29 is 38.4 Å². The van der Waals surface area contributed by atoms with Gasteiger partial charge in [0, 0.05) is 42.0 Å². The van der Waals surface area contributed by atoms with Crippen LogP contribution >= 0.6 is 24.4 Å². The average molecular weight is 713 g/mol. The average Bonchev–Trinajstić information content (AvgIpc) is 3.24. The van der Waals surface area contributed by atoms with Crippen molar-refractivity contribution in [3.63, 3.8) is 0 Å². The molecule has 1 saturated heterocycles. The maximum absolute atomic E-state index is 13.1. The van der Waals surface area contributed by atoms with Crippen LogP contribution in [0.3, 0.4) is 0 Å². The fourth-order valence-corrected chi connectivity index (χ4v) is 6.57. The number of amides is 4. The first kappa shape index (κ1) is 43.0. The maximum Gasteiger partial charge on any atom is 0.350 e. The Bertz CT molecular complexity index is 1270. The van der Waals surface area contributed by atoms with Gasteiger partial charge in [-0.1, -0.05) is 54.2 Å². The Morgan fingerprint density at radius 3 is 2.04 bits per heavy atom. The first-order chi connectivity index (χ1) is 21.7. The summed E-state index contributed by atoms with van der Waals surface area (Å²) in [5.74, 6) is -3.30. The molecule has 0 spiro atoms. The Morgan fingerprint density at radius 1 is 0.958 bits per heavy atom. The largest absolute Gasteiger partial charge is 0.375 e. The highest BCUT2D eigenvalue weighted by molar-refractivity contribution is 8.04. The van der Waals surface area contributed by atoms with E-state index in [-0.39, 0.29) is 35.9 Å². The van der Waals surface area contributed by atoms with Gasteiger partial charge in [0.05, 0.1) is 16.1 Å². The molecule has 4 amide bonds. The van der Waals surface area contributed by atoms with Gasteiger partial charge in [0.25, 0.3) is 17.7 Å². The summed E-state index contributed by atoms with van der Waals surface area (Å²) in [5, 5.41) is 8.33. The highest BCUT2D eigenvalue weighted by Gasteiger charge is 2.40. The molecule has 1 fully saturated rings. The molecular weight excluding hydrogens is 657 g/mol. The predicted octanol–water partition coefficient (Wildman–Crippen LogP) is 5.59. The minimum absolute atomic E-state index is 0.0204. The second kappa shape index (κ2) is 16.6. The van der Waals surface area contributed by atoms with E-state index in [4.69, 9.17) is 9.68 Å². The number of allylic oxidation sites excluding steroid dienone is 1. The zero-order valence-corrected chi connectivity index (χ0v) is 32.3. The van der Waals surface area contributed by atoms with Gasteiger partial charge in [-0.25, -0.2) is 9.59 Å². The van der Waals surface area contributed by atoms with Crippen LogP contribution in [-0.4, -0.2) is 67.3 Å². The summed E-state index contributed by atoms with van der Waals surface area (Å²) in [4.78, 5) is 84.9. The number of thioether (sulfide) groups is 1. The summed E-state index contributed by atoms with van der Waals surface area (Å²) in [6.07, 6.45) is 3.07. The van der Waals surface area contributed by atoms with E-state index < -0.39 is 44.9 Å². The van der Waals surface area contributed by atoms with Crippen molar-refractivity contribution in [2.45, 2.75) is 136 Å². The predicted molar refractivity (Wildman–Crippen MR) is 190 cm³/mol. The zero-order valence-electron chi connectivity index (χ0n) is 30.6. The van der Waals surface area contributed by atoms with Crippen LogP contribution < -0.4 is 10.6 Å². The van der Waals surface area contributed by atoms with E-state index in [1.165, 1.54) is 6.92 Å². The number of carbonyl (C=O) groups is 6. The first-order valence-electron chi connectivity index (χ1n) is 16.1. The third-order valence-electron chi connectivity index (χ3n) is 7.85. The smallest absolute Gasteiger partial charge is 0.350 e. The number of nitrogens with zero attached hydrogens (tertiary/aromatic N) is 2. The van der Waals surface area contributed by atoms with E-state index in [1.54, 1.807) is 32.5 Å². The lowest BCUT2D eigenvalue weighted by molar-refractivity contribution is -0.208. The second-order valence-corrected chi connectivity index (χ2v) is 17.9. The van der Waals surface area contributed by atoms with E-state index >= 15 is 0 Å². The van der Waals surface area contributed by atoms with Gasteiger partial charge < -0.3 is 20.3 Å². The third-order valence-corrected chi connectivity index (χ3v) is 9.29. The molecule has 0 saturated carbocycles. The van der Waals surface area contributed by atoms with Gasteiger partial charge in [-0.15, -0.1) is 21.9 Å². The van der Waals surface area contributed by atoms with E-state index in [1.807, 2.05) is 27.7 Å². The summed E-state index contributed by atoms with van der Waals surface area (Å²) in [6, 6.07) is 0. The standard InChI is InChI=1S/C34H56N4O8S2/c1-14-25(40)38(24(4)39)45-28(43)31(7,8)20-32(9,10)36-23(3)48-33(11,12)19-15-18-30(5,6)27(42)35-21-34(13,47)29(44)46-37-22(2)16-17-26(37)41/h36,47H,2-3,14-21H2,1,4-13H3,(H,35,42). The number of imide groups is 1. The minimum Gasteiger partial charge on any atom is -0.375 e. The van der Waals surface area contributed by atoms with Gasteiger partial charge in [-0.3, -0.25) is 19.2 Å². The van der Waals surface area contributed by atoms with Gasteiger partial charge in [0.1, 0.15) is 4.75 Å². The van der Waals surface area contributed by atoms with Crippen molar-refractivity contribution in [3.8, 4) is 0 Å². The molecular formula is C34H56N4O8S2. The Hall–Kier alpha value is -3.00. The van der Waals surface area contributed by atoms with Gasteiger partial charge in [-0.2, -0.15) is 12.6 Å². The van der Waals surface area contributed by atoms with E-state index in [0.29, 0.717) is 35.1 Å². The lowest BCUT2D eigenvalue weighted by Gasteiger charge is -2.37. The monoisotopic (exact) mass is 712 g/mol. The Labute approximate surface area is 295 Å². The van der Waals surface area contributed by atoms with Crippen LogP contribution in [0.2, 0.25) is 0 Å². The van der Waals surface area contributed by atoms with Crippen molar-refractivity contribution in [2.24, 2.45) is 10.8 Å². The lowest BCUT2D eigenvalue weighted by Crippen LogP contribution is -2.48. The van der Waals surface area contributed by atoms with Crippen LogP contribution in [0.1, 0.15) is 121 Å². The van der Waals surface area contributed by atoms with Gasteiger partial charge in [-0.05, 0) is 60.3 Å². The number of hydrogen-bond donors (Lipinski definition) is 3. The van der Waals surface area contributed by atoms with Crippen LogP contribution in [0.5, 0.6) is 0 Å². The molecule has 0 aromatic carbocycles. The lowest BCUT2D eigenvalue weighted by atomic mass is 9.80.